The molecule has 0 unspecified atom stereocenters. The van der Waals surface area contributed by atoms with Crippen molar-refractivity contribution in [2.45, 2.75) is 0 Å². The van der Waals surface area contributed by atoms with Crippen molar-refractivity contribution >= 4 is 8.56 Å². The normalized spacial score (nSPS) is 13.5. The van der Waals surface area contributed by atoms with Crippen LogP contribution in [0.15, 0.2) is 24.4 Å². The molecule has 82 valence electrons. The van der Waals surface area contributed by atoms with Gasteiger partial charge in [0.25, 0.3) is 0 Å². The Hall–Kier alpha value is -0.423. The molecule has 0 aliphatic rings. The number of rotatable bonds is 5. The Morgan fingerprint density at radius 3 is 1.43 bits per heavy atom. The van der Waals surface area contributed by atoms with Crippen LogP contribution >= 0.6 is 0 Å². The minimum absolute atomic E-state index is 1.80. The molecule has 0 N–H and O–H groups in total. The molecule has 0 amide bonds. The molecule has 0 radical (unpaired) electrons. The van der Waals surface area contributed by atoms with E-state index in [9.17, 15) is 0 Å². The lowest BCUT2D eigenvalue weighted by molar-refractivity contribution is 0.395. The second-order valence-corrected chi connectivity index (χ2v) is 8.36. The summed E-state index contributed by atoms with van der Waals surface area (Å²) in [4.78, 5) is 0. The van der Waals surface area contributed by atoms with Gasteiger partial charge in [-0.25, -0.2) is 0 Å². The summed E-state index contributed by atoms with van der Waals surface area (Å²) in [6.07, 6.45) is 3.87. The second kappa shape index (κ2) is 5.46. The molecule has 0 aliphatic heterocycles. The Bertz CT molecular complexity index is 188. The lowest BCUT2D eigenvalue weighted by Gasteiger charge is -2.44. The lowest BCUT2D eigenvalue weighted by atomic mass is 10.6. The summed E-state index contributed by atoms with van der Waals surface area (Å²) in [5, 5.41) is 0. The average Bonchev–Trinajstić information content (AvgIpc) is 2.03. The first-order valence-electron chi connectivity index (χ1n) is 4.72. The van der Waals surface area contributed by atoms with Crippen LogP contribution in [-0.2, 0) is 0 Å². The summed E-state index contributed by atoms with van der Waals surface area (Å²) in [6.45, 7) is 3.72. The van der Waals surface area contributed by atoms with Crippen LogP contribution in [0, 0.1) is 0 Å². The first-order valence-corrected chi connectivity index (χ1v) is 6.64. The molecule has 0 aromatic heterocycles. The first-order chi connectivity index (χ1) is 6.39. The molecule has 0 atom stereocenters. The van der Waals surface area contributed by atoms with Crippen LogP contribution in [0.1, 0.15) is 0 Å². The van der Waals surface area contributed by atoms with Crippen molar-refractivity contribution in [2.75, 3.05) is 42.3 Å². The molecule has 0 saturated carbocycles. The van der Waals surface area contributed by atoms with Crippen LogP contribution in [0.2, 0.25) is 0 Å². The maximum absolute atomic E-state index is 3.72. The van der Waals surface area contributed by atoms with E-state index in [1.54, 1.807) is 0 Å². The van der Waals surface area contributed by atoms with Gasteiger partial charge in [0.05, 0.1) is 0 Å². The number of hydrogen-bond donors (Lipinski definition) is 0. The third-order valence-corrected chi connectivity index (χ3v) is 7.02. The van der Waals surface area contributed by atoms with Gasteiger partial charge in [-0.05, 0) is 42.3 Å². The van der Waals surface area contributed by atoms with Gasteiger partial charge >= 0.3 is 8.56 Å². The van der Waals surface area contributed by atoms with Gasteiger partial charge in [0.1, 0.15) is 0 Å². The Morgan fingerprint density at radius 2 is 1.21 bits per heavy atom. The van der Waals surface area contributed by atoms with Crippen molar-refractivity contribution in [2.24, 2.45) is 0 Å². The minimum atomic E-state index is -1.80. The van der Waals surface area contributed by atoms with E-state index < -0.39 is 8.56 Å². The summed E-state index contributed by atoms with van der Waals surface area (Å²) in [5.74, 6) is 0. The van der Waals surface area contributed by atoms with Gasteiger partial charge in [0.2, 0.25) is 0 Å². The van der Waals surface area contributed by atoms with E-state index in [0.717, 1.165) is 0 Å². The predicted octanol–water partition coefficient (Wildman–Crippen LogP) is 0.891. The summed E-state index contributed by atoms with van der Waals surface area (Å²) in [5.41, 5.74) is 2.26. The fourth-order valence-electron chi connectivity index (χ4n) is 1.84. The van der Waals surface area contributed by atoms with Gasteiger partial charge in [0.15, 0.2) is 0 Å². The zero-order valence-corrected chi connectivity index (χ0v) is 11.3. The zero-order valence-electron chi connectivity index (χ0n) is 10.3. The van der Waals surface area contributed by atoms with Crippen LogP contribution in [0.5, 0.6) is 0 Å². The van der Waals surface area contributed by atoms with Crippen molar-refractivity contribution in [3.05, 3.63) is 24.4 Å². The summed E-state index contributed by atoms with van der Waals surface area (Å²) in [7, 11) is 10.9. The molecular weight excluding hydrogens is 190 g/mol. The van der Waals surface area contributed by atoms with E-state index >= 15 is 0 Å². The molecule has 0 bridgehead atoms. The number of hydrogen-bond acceptors (Lipinski definition) is 3. The van der Waals surface area contributed by atoms with E-state index in [-0.39, 0.29) is 0 Å². The van der Waals surface area contributed by atoms with Crippen molar-refractivity contribution in [1.82, 2.24) is 13.7 Å². The maximum Gasteiger partial charge on any atom is 0.314 e. The van der Waals surface area contributed by atoms with Gasteiger partial charge in [-0.1, -0.05) is 24.4 Å². The van der Waals surface area contributed by atoms with Crippen molar-refractivity contribution in [3.63, 3.8) is 0 Å². The van der Waals surface area contributed by atoms with Gasteiger partial charge in [-0.3, -0.25) is 0 Å². The van der Waals surface area contributed by atoms with E-state index in [4.69, 9.17) is 0 Å². The van der Waals surface area contributed by atoms with Gasteiger partial charge in [0, 0.05) is 0 Å². The molecule has 0 saturated heterocycles. The van der Waals surface area contributed by atoms with E-state index in [0.29, 0.717) is 0 Å². The Kier molecular flexibility index (Phi) is 5.29. The number of allylic oxidation sites excluding steroid dienone is 2. The average molecular weight is 213 g/mol. The van der Waals surface area contributed by atoms with E-state index in [2.05, 4.69) is 68.3 Å². The topological polar surface area (TPSA) is 9.72 Å². The molecule has 0 fully saturated rings. The van der Waals surface area contributed by atoms with Gasteiger partial charge < -0.3 is 13.7 Å². The molecule has 0 heterocycles. The molecule has 0 aromatic rings. The fourth-order valence-corrected chi connectivity index (χ4v) is 5.53. The molecule has 0 spiro atoms. The lowest BCUT2D eigenvalue weighted by Crippen LogP contribution is -2.68. The molecule has 3 nitrogen and oxygen atoms in total. The van der Waals surface area contributed by atoms with Crippen LogP contribution in [0.4, 0.5) is 0 Å². The van der Waals surface area contributed by atoms with E-state index in [1.807, 2.05) is 12.2 Å². The fraction of sp³-hybridized carbons (Fsp3) is 0.600. The molecule has 0 aliphatic carbocycles. The summed E-state index contributed by atoms with van der Waals surface area (Å²) < 4.78 is 6.90. The van der Waals surface area contributed by atoms with Crippen molar-refractivity contribution in [3.8, 4) is 0 Å². The minimum Gasteiger partial charge on any atom is -0.302 e. The Labute approximate surface area is 89.5 Å². The highest BCUT2D eigenvalue weighted by Gasteiger charge is 2.39. The van der Waals surface area contributed by atoms with E-state index in [1.165, 1.54) is 0 Å². The first kappa shape index (κ1) is 13.6. The quantitative estimate of drug-likeness (QED) is 0.496. The van der Waals surface area contributed by atoms with Crippen LogP contribution in [0.3, 0.4) is 0 Å². The van der Waals surface area contributed by atoms with Gasteiger partial charge in [-0.2, -0.15) is 0 Å². The second-order valence-electron chi connectivity index (χ2n) is 3.97. The van der Waals surface area contributed by atoms with Crippen LogP contribution in [0.25, 0.3) is 0 Å². The Morgan fingerprint density at radius 1 is 0.857 bits per heavy atom. The predicted molar refractivity (Wildman–Crippen MR) is 66.2 cm³/mol. The molecule has 0 rings (SSSR count). The monoisotopic (exact) mass is 213 g/mol. The number of nitrogens with zero attached hydrogens (tertiary/aromatic N) is 3. The van der Waals surface area contributed by atoms with Crippen LogP contribution in [-0.4, -0.2) is 64.5 Å². The van der Waals surface area contributed by atoms with Gasteiger partial charge in [-0.15, -0.1) is 0 Å². The smallest absolute Gasteiger partial charge is 0.302 e. The molecular formula is C10H23N3Si. The highest BCUT2D eigenvalue weighted by Crippen LogP contribution is 2.13. The highest BCUT2D eigenvalue weighted by molar-refractivity contribution is 6.76. The van der Waals surface area contributed by atoms with Crippen molar-refractivity contribution in [1.29, 1.82) is 0 Å². The Balaban J connectivity index is 5.15. The third kappa shape index (κ3) is 2.54. The summed E-state index contributed by atoms with van der Waals surface area (Å²) >= 11 is 0. The molecule has 0 aromatic carbocycles. The largest absolute Gasteiger partial charge is 0.314 e. The molecule has 4 heteroatoms. The third-order valence-electron chi connectivity index (χ3n) is 2.43. The standard InChI is InChI=1S/C10H23N3Si/c1-8-9-10-14(11(2)3,12(4)5)13(6)7/h8-10H,1H2,2-7H3/b10-9+. The molecule has 14 heavy (non-hydrogen) atoms. The SMILES string of the molecule is C=C/C=C/[Si](N(C)C)(N(C)C)N(C)C. The maximum atomic E-state index is 3.72. The van der Waals surface area contributed by atoms with Crippen molar-refractivity contribution < 1.29 is 0 Å². The zero-order chi connectivity index (χ0) is 11.4. The van der Waals surface area contributed by atoms with Crippen LogP contribution < -0.4 is 0 Å². The summed E-state index contributed by atoms with van der Waals surface area (Å²) in [6, 6.07) is 0. The highest BCUT2D eigenvalue weighted by atomic mass is 28.4.